The molecule has 3 aromatic rings. The van der Waals surface area contributed by atoms with E-state index in [-0.39, 0.29) is 35.3 Å². The van der Waals surface area contributed by atoms with Crippen LogP contribution in [0.1, 0.15) is 45.4 Å². The van der Waals surface area contributed by atoms with Crippen molar-refractivity contribution in [2.45, 2.75) is 75.3 Å². The molecular formula is C27H30F2N6O2. The topological polar surface area (TPSA) is 96.3 Å². The number of aromatic hydroxyl groups is 1. The molecule has 0 unspecified atom stereocenters. The molecule has 1 aliphatic carbocycles. The lowest BCUT2D eigenvalue weighted by atomic mass is 9.74. The summed E-state index contributed by atoms with van der Waals surface area (Å²) in [5.41, 5.74) is 1.88. The summed E-state index contributed by atoms with van der Waals surface area (Å²) >= 11 is 0. The average Bonchev–Trinajstić information content (AvgIpc) is 3.72. The number of rotatable bonds is 6. The Bertz CT molecular complexity index is 1300. The molecule has 4 heterocycles. The zero-order chi connectivity index (χ0) is 25.7. The molecule has 6 rings (SSSR count). The maximum atomic E-state index is 15.6. The van der Waals surface area contributed by atoms with Gasteiger partial charge in [0.15, 0.2) is 0 Å². The second-order valence-electron chi connectivity index (χ2n) is 10.7. The predicted octanol–water partition coefficient (Wildman–Crippen LogP) is 4.43. The van der Waals surface area contributed by atoms with Crippen LogP contribution in [0.15, 0.2) is 36.5 Å². The lowest BCUT2D eigenvalue weighted by Crippen LogP contribution is -2.67. The highest BCUT2D eigenvalue weighted by Gasteiger charge is 2.50. The summed E-state index contributed by atoms with van der Waals surface area (Å²) in [6.45, 7) is 2.19. The number of ether oxygens (including phenoxy) is 1. The first-order valence-electron chi connectivity index (χ1n) is 12.8. The van der Waals surface area contributed by atoms with Crippen molar-refractivity contribution < 1.29 is 18.6 Å². The molecule has 3 aliphatic rings. The number of piperidine rings is 2. The number of hydrogen-bond acceptors (Lipinski definition) is 8. The molecule has 0 spiro atoms. The van der Waals surface area contributed by atoms with Gasteiger partial charge in [-0.1, -0.05) is 6.07 Å². The first kappa shape index (κ1) is 24.0. The molecule has 0 amide bonds. The first-order chi connectivity index (χ1) is 17.8. The van der Waals surface area contributed by atoms with Gasteiger partial charge in [-0.2, -0.15) is 9.37 Å². The van der Waals surface area contributed by atoms with Gasteiger partial charge >= 0.3 is 0 Å². The predicted molar refractivity (Wildman–Crippen MR) is 135 cm³/mol. The molecule has 2 bridgehead atoms. The Balaban J connectivity index is 1.27. The third-order valence-electron chi connectivity index (χ3n) is 7.85. The minimum Gasteiger partial charge on any atom is -0.507 e. The lowest BCUT2D eigenvalue weighted by Gasteiger charge is -2.52. The van der Waals surface area contributed by atoms with E-state index in [1.165, 1.54) is 19.2 Å². The van der Waals surface area contributed by atoms with E-state index in [4.69, 9.17) is 4.74 Å². The summed E-state index contributed by atoms with van der Waals surface area (Å²) in [6, 6.07) is 7.61. The minimum atomic E-state index is -0.995. The molecule has 1 saturated carbocycles. The van der Waals surface area contributed by atoms with Crippen LogP contribution in [0.3, 0.4) is 0 Å². The van der Waals surface area contributed by atoms with Crippen LogP contribution in [0.5, 0.6) is 11.6 Å². The van der Waals surface area contributed by atoms with Crippen LogP contribution < -0.4 is 15.0 Å². The molecule has 194 valence electrons. The number of anilines is 1. The zero-order valence-electron chi connectivity index (χ0n) is 20.9. The fourth-order valence-corrected chi connectivity index (χ4v) is 5.92. The fourth-order valence-electron chi connectivity index (χ4n) is 5.92. The molecule has 2 aromatic heterocycles. The summed E-state index contributed by atoms with van der Waals surface area (Å²) in [5.74, 6) is -0.144. The zero-order valence-corrected chi connectivity index (χ0v) is 20.9. The van der Waals surface area contributed by atoms with Gasteiger partial charge in [0, 0.05) is 35.3 Å². The van der Waals surface area contributed by atoms with Gasteiger partial charge in [0.1, 0.15) is 17.6 Å². The summed E-state index contributed by atoms with van der Waals surface area (Å²) in [5, 5.41) is 23.0. The van der Waals surface area contributed by atoms with Gasteiger partial charge in [0.05, 0.1) is 19.3 Å². The van der Waals surface area contributed by atoms with Gasteiger partial charge in [-0.05, 0) is 68.7 Å². The van der Waals surface area contributed by atoms with E-state index in [2.05, 4.69) is 32.4 Å². The van der Waals surface area contributed by atoms with Crippen LogP contribution in [-0.4, -0.2) is 62.2 Å². The maximum absolute atomic E-state index is 15.6. The van der Waals surface area contributed by atoms with Crippen molar-refractivity contribution >= 4 is 5.95 Å². The van der Waals surface area contributed by atoms with E-state index in [0.29, 0.717) is 34.8 Å². The Kier molecular flexibility index (Phi) is 5.94. The van der Waals surface area contributed by atoms with Crippen molar-refractivity contribution in [3.8, 4) is 34.0 Å². The molecule has 4 atom stereocenters. The number of nitrogens with one attached hydrogen (secondary N) is 1. The molecule has 0 radical (unpaired) electrons. The van der Waals surface area contributed by atoms with Crippen LogP contribution in [0.4, 0.5) is 14.7 Å². The Morgan fingerprint density at radius 1 is 1.14 bits per heavy atom. The summed E-state index contributed by atoms with van der Waals surface area (Å²) in [7, 11) is 1.41. The monoisotopic (exact) mass is 508 g/mol. The van der Waals surface area contributed by atoms with Crippen LogP contribution in [0.25, 0.3) is 22.4 Å². The fraction of sp³-hybridized carbons (Fsp3) is 0.481. The largest absolute Gasteiger partial charge is 0.507 e. The number of nitrogens with zero attached hydrogens (tertiary/aromatic N) is 5. The third-order valence-corrected chi connectivity index (χ3v) is 7.85. The van der Waals surface area contributed by atoms with Crippen molar-refractivity contribution in [3.05, 3.63) is 42.5 Å². The number of hydrogen-bond donors (Lipinski definition) is 2. The van der Waals surface area contributed by atoms with Gasteiger partial charge in [0.2, 0.25) is 17.8 Å². The molecule has 2 saturated heterocycles. The van der Waals surface area contributed by atoms with E-state index in [1.54, 1.807) is 24.4 Å². The molecule has 2 aliphatic heterocycles. The van der Waals surface area contributed by atoms with Crippen LogP contribution >= 0.6 is 0 Å². The summed E-state index contributed by atoms with van der Waals surface area (Å²) in [6.07, 6.45) is 6.19. The number of halogens is 2. The molecule has 1 aromatic carbocycles. The van der Waals surface area contributed by atoms with Crippen molar-refractivity contribution in [1.29, 1.82) is 0 Å². The van der Waals surface area contributed by atoms with Gasteiger partial charge in [0.25, 0.3) is 0 Å². The molecule has 8 nitrogen and oxygen atoms in total. The summed E-state index contributed by atoms with van der Waals surface area (Å²) < 4.78 is 34.5. The Hall–Kier alpha value is -3.40. The normalized spacial score (nSPS) is 27.1. The van der Waals surface area contributed by atoms with E-state index >= 15 is 4.39 Å². The van der Waals surface area contributed by atoms with Crippen molar-refractivity contribution in [2.75, 3.05) is 12.0 Å². The molecule has 37 heavy (non-hydrogen) atoms. The molecular weight excluding hydrogens is 478 g/mol. The number of methoxy groups -OCH3 is 1. The first-order valence-corrected chi connectivity index (χ1v) is 12.8. The van der Waals surface area contributed by atoms with E-state index in [1.807, 2.05) is 4.90 Å². The van der Waals surface area contributed by atoms with E-state index < -0.39 is 12.1 Å². The van der Waals surface area contributed by atoms with Crippen LogP contribution in [0.2, 0.25) is 0 Å². The number of alkyl halides is 1. The van der Waals surface area contributed by atoms with Crippen molar-refractivity contribution in [2.24, 2.45) is 0 Å². The SMILES string of the molecule is COc1cc(-c2ccc(-c3cnc(N(C4CC4)[C@H]4C[C@]5(C)CCC[C@H](N5)[C@H]4F)nn3)c(O)c2)cc(F)n1. The van der Waals surface area contributed by atoms with E-state index in [0.717, 1.165) is 32.1 Å². The second kappa shape index (κ2) is 9.16. The Morgan fingerprint density at radius 2 is 1.97 bits per heavy atom. The number of pyridine rings is 1. The Morgan fingerprint density at radius 3 is 2.68 bits per heavy atom. The molecule has 2 N–H and O–H groups in total. The van der Waals surface area contributed by atoms with E-state index in [9.17, 15) is 9.50 Å². The summed E-state index contributed by atoms with van der Waals surface area (Å²) in [4.78, 5) is 10.3. The van der Waals surface area contributed by atoms with Gasteiger partial charge in [-0.25, -0.2) is 9.37 Å². The molecule has 10 heteroatoms. The second-order valence-corrected chi connectivity index (χ2v) is 10.7. The number of fused-ring (bicyclic) bond motifs is 2. The highest BCUT2D eigenvalue weighted by molar-refractivity contribution is 5.74. The minimum absolute atomic E-state index is 0.0421. The van der Waals surface area contributed by atoms with Gasteiger partial charge < -0.3 is 20.1 Å². The van der Waals surface area contributed by atoms with Crippen LogP contribution in [-0.2, 0) is 0 Å². The third kappa shape index (κ3) is 4.58. The lowest BCUT2D eigenvalue weighted by molar-refractivity contribution is 0.0582. The maximum Gasteiger partial charge on any atom is 0.245 e. The average molecular weight is 509 g/mol. The highest BCUT2D eigenvalue weighted by atomic mass is 19.1. The van der Waals surface area contributed by atoms with Crippen LogP contribution in [0, 0.1) is 5.95 Å². The quantitative estimate of drug-likeness (QED) is 0.472. The highest BCUT2D eigenvalue weighted by Crippen LogP contribution is 2.42. The number of phenols is 1. The van der Waals surface area contributed by atoms with Gasteiger partial charge in [-0.3, -0.25) is 0 Å². The number of phenolic OH excluding ortho intramolecular Hbond substituents is 1. The molecule has 3 fully saturated rings. The Labute approximate surface area is 214 Å². The number of aromatic nitrogens is 4. The number of benzene rings is 1. The smallest absolute Gasteiger partial charge is 0.245 e. The van der Waals surface area contributed by atoms with Crippen molar-refractivity contribution in [3.63, 3.8) is 0 Å². The van der Waals surface area contributed by atoms with Gasteiger partial charge in [-0.15, -0.1) is 10.2 Å². The standard InChI is InChI=1S/C27H30F2N6O2/c1-27-9-3-4-19(32-27)25(29)21(13-27)35(17-6-7-17)26-30-14-20(33-34-26)18-8-5-15(10-22(18)36)16-11-23(28)31-24(12-16)37-2/h5,8,10-12,14,17,19,21,25,32,36H,3-4,6-7,9,13H2,1-2H3/t19-,21-,25+,27-/m0/s1. The van der Waals surface area contributed by atoms with Crippen molar-refractivity contribution in [1.82, 2.24) is 25.5 Å².